The number of ether oxygens (including phenoxy) is 2. The highest BCUT2D eigenvalue weighted by Crippen LogP contribution is 2.27. The molecule has 1 atom stereocenters. The third-order valence-corrected chi connectivity index (χ3v) is 2.98. The van der Waals surface area contributed by atoms with Gasteiger partial charge in [0.25, 0.3) is 0 Å². The Hall–Kier alpha value is -2.67. The molecule has 0 aliphatic rings. The Morgan fingerprint density at radius 2 is 1.70 bits per heavy atom. The van der Waals surface area contributed by atoms with Crippen LogP contribution in [0, 0.1) is 11.3 Å². The van der Waals surface area contributed by atoms with Gasteiger partial charge in [0, 0.05) is 11.3 Å². The predicted molar refractivity (Wildman–Crippen MR) is 78.0 cm³/mol. The first kappa shape index (κ1) is 13.8. The average Bonchev–Trinajstić information content (AvgIpc) is 2.53. The SMILES string of the molecule is COc1ccc(NC(C#N)c2ccccc2OC)cc1. The number of rotatable bonds is 5. The summed E-state index contributed by atoms with van der Waals surface area (Å²) < 4.78 is 10.4. The third-order valence-electron chi connectivity index (χ3n) is 2.98. The molecule has 4 nitrogen and oxygen atoms in total. The highest BCUT2D eigenvalue weighted by molar-refractivity contribution is 5.51. The third kappa shape index (κ3) is 3.01. The molecule has 0 spiro atoms. The fourth-order valence-electron chi connectivity index (χ4n) is 1.94. The number of nitrogens with one attached hydrogen (secondary N) is 1. The summed E-state index contributed by atoms with van der Waals surface area (Å²) in [5, 5.41) is 12.5. The van der Waals surface area contributed by atoms with Crippen LogP contribution < -0.4 is 14.8 Å². The molecule has 2 aromatic rings. The number of benzene rings is 2. The summed E-state index contributed by atoms with van der Waals surface area (Å²) >= 11 is 0. The van der Waals surface area contributed by atoms with E-state index in [0.29, 0.717) is 5.75 Å². The molecule has 0 saturated heterocycles. The van der Waals surface area contributed by atoms with Crippen LogP contribution in [0.1, 0.15) is 11.6 Å². The molecule has 20 heavy (non-hydrogen) atoms. The van der Waals surface area contributed by atoms with Crippen LogP contribution in [-0.4, -0.2) is 14.2 Å². The van der Waals surface area contributed by atoms with E-state index in [4.69, 9.17) is 9.47 Å². The number of hydrogen-bond donors (Lipinski definition) is 1. The molecule has 0 radical (unpaired) electrons. The predicted octanol–water partition coefficient (Wildman–Crippen LogP) is 3.38. The Bertz CT molecular complexity index is 603. The van der Waals surface area contributed by atoms with E-state index in [1.807, 2.05) is 48.5 Å². The van der Waals surface area contributed by atoms with E-state index < -0.39 is 6.04 Å². The second-order valence-electron chi connectivity index (χ2n) is 4.18. The summed E-state index contributed by atoms with van der Waals surface area (Å²) in [7, 11) is 3.22. The quantitative estimate of drug-likeness (QED) is 0.903. The monoisotopic (exact) mass is 268 g/mol. The van der Waals surface area contributed by atoms with Gasteiger partial charge in [-0.05, 0) is 30.3 Å². The van der Waals surface area contributed by atoms with Crippen LogP contribution in [0.4, 0.5) is 5.69 Å². The van der Waals surface area contributed by atoms with Gasteiger partial charge in [0.1, 0.15) is 17.5 Å². The lowest BCUT2D eigenvalue weighted by Gasteiger charge is -2.16. The molecule has 0 fully saturated rings. The van der Waals surface area contributed by atoms with E-state index in [1.54, 1.807) is 14.2 Å². The van der Waals surface area contributed by atoms with Crippen molar-refractivity contribution in [3.05, 3.63) is 54.1 Å². The maximum atomic E-state index is 9.37. The normalized spacial score (nSPS) is 11.2. The van der Waals surface area contributed by atoms with Crippen molar-refractivity contribution in [3.63, 3.8) is 0 Å². The molecule has 1 unspecified atom stereocenters. The first-order valence-electron chi connectivity index (χ1n) is 6.21. The summed E-state index contributed by atoms with van der Waals surface area (Å²) in [6.45, 7) is 0. The summed E-state index contributed by atoms with van der Waals surface area (Å²) in [4.78, 5) is 0. The van der Waals surface area contributed by atoms with Gasteiger partial charge in [0.2, 0.25) is 0 Å². The summed E-state index contributed by atoms with van der Waals surface area (Å²) in [5.74, 6) is 1.47. The molecule has 2 aromatic carbocycles. The molecule has 102 valence electrons. The van der Waals surface area contributed by atoms with Crippen LogP contribution in [0.5, 0.6) is 11.5 Å². The van der Waals surface area contributed by atoms with Crippen molar-refractivity contribution in [1.29, 1.82) is 5.26 Å². The number of nitrogens with zero attached hydrogens (tertiary/aromatic N) is 1. The lowest BCUT2D eigenvalue weighted by atomic mass is 10.1. The largest absolute Gasteiger partial charge is 0.497 e. The fourth-order valence-corrected chi connectivity index (χ4v) is 1.94. The molecular formula is C16H16N2O2. The van der Waals surface area contributed by atoms with Crippen molar-refractivity contribution >= 4 is 5.69 Å². The van der Waals surface area contributed by atoms with Gasteiger partial charge in [-0.25, -0.2) is 0 Å². The Kier molecular flexibility index (Phi) is 4.46. The minimum Gasteiger partial charge on any atom is -0.497 e. The minimum atomic E-state index is -0.473. The smallest absolute Gasteiger partial charge is 0.143 e. The van der Waals surface area contributed by atoms with E-state index >= 15 is 0 Å². The standard InChI is InChI=1S/C16H16N2O2/c1-19-13-9-7-12(8-10-13)18-15(11-17)14-5-3-4-6-16(14)20-2/h3-10,15,18H,1-2H3. The van der Waals surface area contributed by atoms with Gasteiger partial charge in [-0.1, -0.05) is 18.2 Å². The van der Waals surface area contributed by atoms with Crippen molar-refractivity contribution in [2.75, 3.05) is 19.5 Å². The first-order chi connectivity index (χ1) is 9.78. The van der Waals surface area contributed by atoms with Crippen LogP contribution in [0.3, 0.4) is 0 Å². The number of hydrogen-bond acceptors (Lipinski definition) is 4. The van der Waals surface area contributed by atoms with Crippen molar-refractivity contribution in [2.45, 2.75) is 6.04 Å². The van der Waals surface area contributed by atoms with E-state index in [-0.39, 0.29) is 0 Å². The van der Waals surface area contributed by atoms with Gasteiger partial charge in [0.05, 0.1) is 20.3 Å². The van der Waals surface area contributed by atoms with Gasteiger partial charge in [-0.2, -0.15) is 5.26 Å². The first-order valence-corrected chi connectivity index (χ1v) is 6.21. The van der Waals surface area contributed by atoms with Crippen molar-refractivity contribution in [1.82, 2.24) is 0 Å². The Balaban J connectivity index is 2.22. The van der Waals surface area contributed by atoms with Gasteiger partial charge in [0.15, 0.2) is 0 Å². The molecule has 0 bridgehead atoms. The van der Waals surface area contributed by atoms with Crippen LogP contribution in [-0.2, 0) is 0 Å². The molecule has 0 saturated carbocycles. The van der Waals surface area contributed by atoms with Crippen molar-refractivity contribution in [3.8, 4) is 17.6 Å². The molecule has 2 rings (SSSR count). The molecule has 0 amide bonds. The second-order valence-corrected chi connectivity index (χ2v) is 4.18. The maximum absolute atomic E-state index is 9.37. The van der Waals surface area contributed by atoms with E-state index in [0.717, 1.165) is 17.0 Å². The highest BCUT2D eigenvalue weighted by atomic mass is 16.5. The van der Waals surface area contributed by atoms with Gasteiger partial charge in [-0.15, -0.1) is 0 Å². The zero-order valence-corrected chi connectivity index (χ0v) is 11.5. The van der Waals surface area contributed by atoms with Crippen LogP contribution in [0.2, 0.25) is 0 Å². The summed E-state index contributed by atoms with van der Waals surface area (Å²) in [5.41, 5.74) is 1.66. The lowest BCUT2D eigenvalue weighted by Crippen LogP contribution is -2.09. The Morgan fingerprint density at radius 3 is 2.30 bits per heavy atom. The second kappa shape index (κ2) is 6.48. The zero-order chi connectivity index (χ0) is 14.4. The average molecular weight is 268 g/mol. The molecular weight excluding hydrogens is 252 g/mol. The molecule has 1 N–H and O–H groups in total. The maximum Gasteiger partial charge on any atom is 0.143 e. The van der Waals surface area contributed by atoms with Gasteiger partial charge < -0.3 is 14.8 Å². The zero-order valence-electron chi connectivity index (χ0n) is 11.5. The van der Waals surface area contributed by atoms with E-state index in [1.165, 1.54) is 0 Å². The number of para-hydroxylation sites is 1. The molecule has 0 aliphatic heterocycles. The lowest BCUT2D eigenvalue weighted by molar-refractivity contribution is 0.409. The van der Waals surface area contributed by atoms with Gasteiger partial charge in [-0.3, -0.25) is 0 Å². The van der Waals surface area contributed by atoms with Crippen molar-refractivity contribution < 1.29 is 9.47 Å². The number of methoxy groups -OCH3 is 2. The molecule has 0 aromatic heterocycles. The van der Waals surface area contributed by atoms with E-state index in [2.05, 4.69) is 11.4 Å². The molecule has 0 heterocycles. The van der Waals surface area contributed by atoms with Gasteiger partial charge >= 0.3 is 0 Å². The van der Waals surface area contributed by atoms with Crippen LogP contribution in [0.25, 0.3) is 0 Å². The Morgan fingerprint density at radius 1 is 1.00 bits per heavy atom. The molecule has 0 aliphatic carbocycles. The highest BCUT2D eigenvalue weighted by Gasteiger charge is 2.14. The van der Waals surface area contributed by atoms with Crippen LogP contribution in [0.15, 0.2) is 48.5 Å². The Labute approximate surface area is 118 Å². The van der Waals surface area contributed by atoms with Crippen molar-refractivity contribution in [2.24, 2.45) is 0 Å². The van der Waals surface area contributed by atoms with Crippen LogP contribution >= 0.6 is 0 Å². The topological polar surface area (TPSA) is 54.3 Å². The fraction of sp³-hybridized carbons (Fsp3) is 0.188. The molecule has 4 heteroatoms. The summed E-state index contributed by atoms with van der Waals surface area (Å²) in [6.07, 6.45) is 0. The summed E-state index contributed by atoms with van der Waals surface area (Å²) in [6, 6.07) is 16.7. The number of anilines is 1. The minimum absolute atomic E-state index is 0.473. The number of nitriles is 1. The van der Waals surface area contributed by atoms with E-state index in [9.17, 15) is 5.26 Å².